The number of hydrogen-bond donors (Lipinski definition) is 0. The molecule has 2 aliphatic heterocycles. The van der Waals surface area contributed by atoms with E-state index in [2.05, 4.69) is 208 Å². The Morgan fingerprint density at radius 3 is 0.900 bits per heavy atom. The summed E-state index contributed by atoms with van der Waals surface area (Å²) in [5, 5.41) is 11.8. The van der Waals surface area contributed by atoms with E-state index in [1.165, 1.54) is 119 Å². The van der Waals surface area contributed by atoms with Crippen molar-refractivity contribution in [3.8, 4) is 44.5 Å². The van der Waals surface area contributed by atoms with Crippen LogP contribution >= 0.6 is 0 Å². The first-order valence-electron chi connectivity index (χ1n) is 21.5. The third-order valence-corrected chi connectivity index (χ3v) is 24.3. The highest BCUT2D eigenvalue weighted by atomic mass is 28.3. The van der Waals surface area contributed by atoms with Crippen LogP contribution in [0, 0.1) is 13.8 Å². The molecule has 0 N–H and O–H groups in total. The van der Waals surface area contributed by atoms with E-state index < -0.39 is 16.1 Å². The van der Waals surface area contributed by atoms with Gasteiger partial charge in [0.15, 0.2) is 16.1 Å². The van der Waals surface area contributed by atoms with Gasteiger partial charge in [-0.15, -0.1) is 0 Å². The molecule has 0 nitrogen and oxygen atoms in total. The second-order valence-electron chi connectivity index (χ2n) is 17.7. The molecule has 0 aromatic heterocycles. The van der Waals surface area contributed by atoms with Gasteiger partial charge in [-0.2, -0.15) is 0 Å². The molecule has 60 heavy (non-hydrogen) atoms. The molecular weight excluding hydrogens is 753 g/mol. The Kier molecular flexibility index (Phi) is 7.13. The molecule has 0 saturated carbocycles. The number of benzene rings is 9. The van der Waals surface area contributed by atoms with Crippen LogP contribution in [0.3, 0.4) is 0 Å². The fourth-order valence-electron chi connectivity index (χ4n) is 12.0. The topological polar surface area (TPSA) is 0 Å². The van der Waals surface area contributed by atoms with Crippen molar-refractivity contribution in [3.63, 3.8) is 0 Å². The van der Waals surface area contributed by atoms with Gasteiger partial charge in [0.25, 0.3) is 0 Å². The van der Waals surface area contributed by atoms with Crippen molar-refractivity contribution in [1.29, 1.82) is 0 Å². The Morgan fingerprint density at radius 1 is 0.267 bits per heavy atom. The molecular formula is C58H42Si2. The summed E-state index contributed by atoms with van der Waals surface area (Å²) in [6.07, 6.45) is 2.01. The van der Waals surface area contributed by atoms with Crippen molar-refractivity contribution in [2.75, 3.05) is 0 Å². The van der Waals surface area contributed by atoms with Gasteiger partial charge in [0.2, 0.25) is 0 Å². The second-order valence-corrected chi connectivity index (χ2v) is 25.1. The summed E-state index contributed by atoms with van der Waals surface area (Å²) >= 11 is 0. The molecule has 2 heteroatoms. The smallest absolute Gasteiger partial charge is 0.0623 e. The van der Waals surface area contributed by atoms with E-state index in [4.69, 9.17) is 0 Å². The summed E-state index contributed by atoms with van der Waals surface area (Å²) in [4.78, 5) is 0. The molecule has 2 aliphatic carbocycles. The fourth-order valence-corrected chi connectivity index (χ4v) is 22.4. The highest BCUT2D eigenvalue weighted by molar-refractivity contribution is 7.23. The van der Waals surface area contributed by atoms with Crippen molar-refractivity contribution in [2.45, 2.75) is 26.7 Å². The van der Waals surface area contributed by atoms with Crippen molar-refractivity contribution < 1.29 is 0 Å². The van der Waals surface area contributed by atoms with E-state index in [9.17, 15) is 0 Å². The Morgan fingerprint density at radius 2 is 0.550 bits per heavy atom. The molecule has 0 radical (unpaired) electrons. The number of fused-ring (bicyclic) bond motifs is 12. The Balaban J connectivity index is 1.07. The summed E-state index contributed by atoms with van der Waals surface area (Å²) in [6, 6.07) is 76.7. The lowest BCUT2D eigenvalue weighted by molar-refractivity contribution is 1.26. The molecule has 0 amide bonds. The largest absolute Gasteiger partial charge is 0.180 e. The first kappa shape index (κ1) is 34.3. The molecule has 13 rings (SSSR count). The second kappa shape index (κ2) is 12.5. The minimum Gasteiger partial charge on any atom is -0.0623 e. The van der Waals surface area contributed by atoms with Gasteiger partial charge in [-0.3, -0.25) is 0 Å². The molecule has 0 atom stereocenters. The summed E-state index contributed by atoms with van der Waals surface area (Å²) in [5.41, 5.74) is 19.6. The molecule has 9 aromatic carbocycles. The number of rotatable bonds is 4. The minimum absolute atomic E-state index is 1.01. The van der Waals surface area contributed by atoms with Gasteiger partial charge < -0.3 is 0 Å². The van der Waals surface area contributed by atoms with Crippen LogP contribution in [0.1, 0.15) is 33.4 Å². The SMILES string of the molecule is Cc1ccc2c(c1)-c1cc([Si]3(c4ccc([Si]5(c6ccc7c(c6)-c6cc(C)ccc6C7)c6ccccc6-c6ccccc65)cc4)c4ccccc4-c4ccccc43)ccc1C2. The summed E-state index contributed by atoms with van der Waals surface area (Å²) in [6.45, 7) is 4.45. The van der Waals surface area contributed by atoms with E-state index in [1.807, 2.05) is 0 Å². The maximum absolute atomic E-state index is 2.76. The van der Waals surface area contributed by atoms with E-state index in [0.29, 0.717) is 0 Å². The van der Waals surface area contributed by atoms with Crippen LogP contribution in [0.5, 0.6) is 0 Å². The van der Waals surface area contributed by atoms with Crippen LogP contribution in [-0.2, 0) is 12.8 Å². The summed E-state index contributed by atoms with van der Waals surface area (Å²) < 4.78 is 0. The lowest BCUT2D eigenvalue weighted by atomic mass is 10.0. The zero-order valence-corrected chi connectivity index (χ0v) is 35.9. The molecule has 0 bridgehead atoms. The predicted molar refractivity (Wildman–Crippen MR) is 258 cm³/mol. The highest BCUT2D eigenvalue weighted by Gasteiger charge is 2.51. The van der Waals surface area contributed by atoms with E-state index in [1.54, 1.807) is 0 Å². The van der Waals surface area contributed by atoms with Crippen LogP contribution in [0.2, 0.25) is 0 Å². The first-order valence-corrected chi connectivity index (χ1v) is 25.5. The zero-order valence-electron chi connectivity index (χ0n) is 33.9. The first-order chi connectivity index (χ1) is 29.5. The Labute approximate surface area is 354 Å². The van der Waals surface area contributed by atoms with Gasteiger partial charge in [0, 0.05) is 0 Å². The monoisotopic (exact) mass is 794 g/mol. The summed E-state index contributed by atoms with van der Waals surface area (Å²) in [7, 11) is -5.51. The van der Waals surface area contributed by atoms with E-state index in [0.717, 1.165) is 12.8 Å². The lowest BCUT2D eigenvalue weighted by Crippen LogP contribution is -2.74. The van der Waals surface area contributed by atoms with Crippen LogP contribution in [0.4, 0.5) is 0 Å². The normalized spacial score (nSPS) is 15.0. The third kappa shape index (κ3) is 4.45. The van der Waals surface area contributed by atoms with Gasteiger partial charge >= 0.3 is 0 Å². The van der Waals surface area contributed by atoms with Crippen LogP contribution in [0.25, 0.3) is 44.5 Å². The Bertz CT molecular complexity index is 2980. The quantitative estimate of drug-likeness (QED) is 0.158. The highest BCUT2D eigenvalue weighted by Crippen LogP contribution is 2.40. The van der Waals surface area contributed by atoms with Gasteiger partial charge in [0.05, 0.1) is 0 Å². The van der Waals surface area contributed by atoms with Crippen molar-refractivity contribution in [1.82, 2.24) is 0 Å². The minimum atomic E-state index is -2.76. The maximum Gasteiger partial charge on any atom is 0.180 e. The van der Waals surface area contributed by atoms with Gasteiger partial charge in [-0.25, -0.2) is 0 Å². The van der Waals surface area contributed by atoms with E-state index >= 15 is 0 Å². The van der Waals surface area contributed by atoms with Gasteiger partial charge in [0.1, 0.15) is 0 Å². The molecule has 0 spiro atoms. The summed E-state index contributed by atoms with van der Waals surface area (Å²) in [5.74, 6) is 0. The maximum atomic E-state index is 2.60. The van der Waals surface area contributed by atoms with Gasteiger partial charge in [-0.1, -0.05) is 205 Å². The van der Waals surface area contributed by atoms with Crippen LogP contribution < -0.4 is 41.5 Å². The van der Waals surface area contributed by atoms with Crippen molar-refractivity contribution >= 4 is 57.6 Å². The predicted octanol–water partition coefficient (Wildman–Crippen LogP) is 8.16. The molecule has 4 aliphatic rings. The van der Waals surface area contributed by atoms with Crippen LogP contribution in [0.15, 0.2) is 194 Å². The molecule has 9 aromatic rings. The lowest BCUT2D eigenvalue weighted by Gasteiger charge is -2.34. The fraction of sp³-hybridized carbons (Fsp3) is 0.0690. The average molecular weight is 795 g/mol. The van der Waals surface area contributed by atoms with Crippen molar-refractivity contribution in [2.24, 2.45) is 0 Å². The molecule has 0 fully saturated rings. The average Bonchev–Trinajstić information content (AvgIpc) is 4.02. The number of hydrogen-bond acceptors (Lipinski definition) is 0. The van der Waals surface area contributed by atoms with Crippen molar-refractivity contribution in [3.05, 3.63) is 228 Å². The standard InChI is InChI=1S/C58H42Si2/c1-37-19-21-39-33-41-23-25-45(35-53(41)51(39)31-37)59(55-15-7-3-11-47(55)48-12-4-8-16-56(48)59)43-27-29-44(30-28-43)60(57-17-9-5-13-49(57)50-14-6-10-18-58(50)60)46-26-24-42-34-40-22-20-38(2)32-52(40)54(42)36-46/h3-32,35-36H,33-34H2,1-2H3. The molecule has 0 unspecified atom stereocenters. The van der Waals surface area contributed by atoms with Gasteiger partial charge in [-0.05, 0) is 135 Å². The van der Waals surface area contributed by atoms with Crippen LogP contribution in [-0.4, -0.2) is 16.1 Å². The van der Waals surface area contributed by atoms with E-state index in [-0.39, 0.29) is 0 Å². The Hall–Kier alpha value is -6.59. The molecule has 282 valence electrons. The molecule has 0 saturated heterocycles. The molecule has 2 heterocycles. The third-order valence-electron chi connectivity index (χ3n) is 14.6. The number of aryl methyl sites for hydroxylation is 2. The zero-order chi connectivity index (χ0) is 39.7.